The number of ether oxygens (including phenoxy) is 3. The fourth-order valence-corrected chi connectivity index (χ4v) is 3.75. The molecule has 29 heavy (non-hydrogen) atoms. The first kappa shape index (κ1) is 17.8. The maximum absolute atomic E-state index is 14.9. The Balaban J connectivity index is 1.32. The number of para-hydroxylation sites is 1. The Kier molecular flexibility index (Phi) is 4.47. The number of fused-ring (bicyclic) bond motifs is 1. The average Bonchev–Trinajstić information content (AvgIpc) is 3.34. The Bertz CT molecular complexity index is 1050. The van der Waals surface area contributed by atoms with Gasteiger partial charge in [-0.05, 0) is 66.4 Å². The summed E-state index contributed by atoms with van der Waals surface area (Å²) in [7, 11) is 0. The zero-order valence-electron chi connectivity index (χ0n) is 15.9. The van der Waals surface area contributed by atoms with E-state index in [4.69, 9.17) is 14.2 Å². The minimum atomic E-state index is -0.233. The van der Waals surface area contributed by atoms with Gasteiger partial charge in [-0.1, -0.05) is 36.4 Å². The SMILES string of the molecule is F/C(=C\C1(c2ccc3c(c2)OCO3)CC1)Cc1cccc(Oc2ccccc2)c1. The quantitative estimate of drug-likeness (QED) is 0.493. The molecule has 1 fully saturated rings. The molecular formula is C25H21FO3. The van der Waals surface area contributed by atoms with Gasteiger partial charge >= 0.3 is 0 Å². The number of rotatable bonds is 6. The van der Waals surface area contributed by atoms with Gasteiger partial charge in [0.1, 0.15) is 17.3 Å². The largest absolute Gasteiger partial charge is 0.457 e. The first-order valence-electron chi connectivity index (χ1n) is 9.79. The van der Waals surface area contributed by atoms with Crippen LogP contribution in [0.1, 0.15) is 24.0 Å². The van der Waals surface area contributed by atoms with E-state index in [-0.39, 0.29) is 24.5 Å². The van der Waals surface area contributed by atoms with E-state index in [1.54, 1.807) is 6.08 Å². The average molecular weight is 388 g/mol. The van der Waals surface area contributed by atoms with Crippen molar-refractivity contribution in [1.82, 2.24) is 0 Å². The summed E-state index contributed by atoms with van der Waals surface area (Å²) in [6.07, 6.45) is 3.90. The van der Waals surface area contributed by atoms with Crippen molar-refractivity contribution in [1.29, 1.82) is 0 Å². The summed E-state index contributed by atoms with van der Waals surface area (Å²) in [5, 5.41) is 0. The van der Waals surface area contributed by atoms with Crippen LogP contribution in [0.4, 0.5) is 4.39 Å². The molecule has 0 radical (unpaired) electrons. The summed E-state index contributed by atoms with van der Waals surface area (Å²) in [5.74, 6) is 2.84. The minimum Gasteiger partial charge on any atom is -0.457 e. The molecule has 3 nitrogen and oxygen atoms in total. The maximum atomic E-state index is 14.9. The standard InChI is InChI=1S/C25H21FO3/c26-20(13-18-5-4-8-22(14-18)29-21-6-2-1-3-7-21)16-25(11-12-25)19-9-10-23-24(15-19)28-17-27-23/h1-10,14-16H,11-13,17H2/b20-16-. The second-order valence-electron chi connectivity index (χ2n) is 7.55. The van der Waals surface area contributed by atoms with Gasteiger partial charge in [-0.3, -0.25) is 0 Å². The fraction of sp³-hybridized carbons (Fsp3) is 0.200. The van der Waals surface area contributed by atoms with Crippen LogP contribution in [0.2, 0.25) is 0 Å². The number of hydrogen-bond acceptors (Lipinski definition) is 3. The van der Waals surface area contributed by atoms with E-state index >= 15 is 0 Å². The normalized spacial score (nSPS) is 16.5. The third-order valence-corrected chi connectivity index (χ3v) is 5.42. The molecule has 146 valence electrons. The second-order valence-corrected chi connectivity index (χ2v) is 7.55. The summed E-state index contributed by atoms with van der Waals surface area (Å²) in [5.41, 5.74) is 1.73. The van der Waals surface area contributed by atoms with Crippen molar-refractivity contribution in [2.45, 2.75) is 24.7 Å². The third-order valence-electron chi connectivity index (χ3n) is 5.42. The molecule has 0 N–H and O–H groups in total. The Morgan fingerprint density at radius 1 is 0.897 bits per heavy atom. The molecule has 3 aromatic carbocycles. The number of benzene rings is 3. The summed E-state index contributed by atoms with van der Waals surface area (Å²) in [6.45, 7) is 0.247. The molecule has 0 aromatic heterocycles. The first-order valence-corrected chi connectivity index (χ1v) is 9.79. The van der Waals surface area contributed by atoms with Crippen molar-refractivity contribution in [2.24, 2.45) is 0 Å². The zero-order valence-corrected chi connectivity index (χ0v) is 15.9. The molecule has 0 spiro atoms. The molecule has 2 aliphatic rings. The highest BCUT2D eigenvalue weighted by Gasteiger charge is 2.43. The lowest BCUT2D eigenvalue weighted by Crippen LogP contribution is -2.04. The van der Waals surface area contributed by atoms with Crippen LogP contribution >= 0.6 is 0 Å². The van der Waals surface area contributed by atoms with E-state index in [2.05, 4.69) is 0 Å². The van der Waals surface area contributed by atoms with Gasteiger partial charge in [0.25, 0.3) is 0 Å². The molecule has 1 saturated carbocycles. The Morgan fingerprint density at radius 3 is 2.52 bits per heavy atom. The summed E-state index contributed by atoms with van der Waals surface area (Å²) in [4.78, 5) is 0. The molecule has 0 saturated heterocycles. The van der Waals surface area contributed by atoms with Crippen LogP contribution in [0.3, 0.4) is 0 Å². The van der Waals surface area contributed by atoms with Gasteiger partial charge in [0.05, 0.1) is 0 Å². The van der Waals surface area contributed by atoms with Crippen molar-refractivity contribution in [3.8, 4) is 23.0 Å². The van der Waals surface area contributed by atoms with Gasteiger partial charge < -0.3 is 14.2 Å². The van der Waals surface area contributed by atoms with Crippen LogP contribution in [0.15, 0.2) is 84.7 Å². The molecule has 0 bridgehead atoms. The van der Waals surface area contributed by atoms with Crippen LogP contribution in [0.5, 0.6) is 23.0 Å². The van der Waals surface area contributed by atoms with Crippen molar-refractivity contribution in [3.63, 3.8) is 0 Å². The lowest BCUT2D eigenvalue weighted by Gasteiger charge is -2.12. The maximum Gasteiger partial charge on any atom is 0.231 e. The summed E-state index contributed by atoms with van der Waals surface area (Å²) < 4.78 is 31.6. The predicted octanol–water partition coefficient (Wildman–Crippen LogP) is 6.34. The van der Waals surface area contributed by atoms with Crippen LogP contribution in [0.25, 0.3) is 0 Å². The molecule has 4 heteroatoms. The van der Waals surface area contributed by atoms with Crippen molar-refractivity contribution >= 4 is 0 Å². The Morgan fingerprint density at radius 2 is 1.69 bits per heavy atom. The van der Waals surface area contributed by atoms with Gasteiger partial charge in [-0.2, -0.15) is 0 Å². The zero-order chi connectivity index (χ0) is 19.7. The molecule has 1 aliphatic carbocycles. The van der Waals surface area contributed by atoms with Crippen LogP contribution in [-0.4, -0.2) is 6.79 Å². The monoisotopic (exact) mass is 388 g/mol. The van der Waals surface area contributed by atoms with Crippen molar-refractivity contribution in [3.05, 3.63) is 95.8 Å². The topological polar surface area (TPSA) is 27.7 Å². The number of hydrogen-bond donors (Lipinski definition) is 0. The molecule has 0 unspecified atom stereocenters. The van der Waals surface area contributed by atoms with Crippen molar-refractivity contribution in [2.75, 3.05) is 6.79 Å². The highest BCUT2D eigenvalue weighted by atomic mass is 19.1. The molecule has 1 heterocycles. The van der Waals surface area contributed by atoms with E-state index in [0.717, 1.165) is 41.2 Å². The molecular weight excluding hydrogens is 367 g/mol. The van der Waals surface area contributed by atoms with Crippen LogP contribution in [0, 0.1) is 0 Å². The number of halogens is 1. The van der Waals surface area contributed by atoms with E-state index in [9.17, 15) is 4.39 Å². The van der Waals surface area contributed by atoms with E-state index < -0.39 is 0 Å². The second kappa shape index (κ2) is 7.28. The summed E-state index contributed by atoms with van der Waals surface area (Å²) >= 11 is 0. The predicted molar refractivity (Wildman–Crippen MR) is 109 cm³/mol. The number of allylic oxidation sites excluding steroid dienone is 2. The van der Waals surface area contributed by atoms with Gasteiger partial charge in [0.15, 0.2) is 11.5 Å². The molecule has 1 aliphatic heterocycles. The van der Waals surface area contributed by atoms with Gasteiger partial charge in [0, 0.05) is 11.8 Å². The van der Waals surface area contributed by atoms with Gasteiger partial charge in [-0.15, -0.1) is 0 Å². The summed E-state index contributed by atoms with van der Waals surface area (Å²) in [6, 6.07) is 23.1. The minimum absolute atomic E-state index is 0.128. The fourth-order valence-electron chi connectivity index (χ4n) is 3.75. The highest BCUT2D eigenvalue weighted by molar-refractivity contribution is 5.50. The smallest absolute Gasteiger partial charge is 0.231 e. The van der Waals surface area contributed by atoms with Crippen LogP contribution in [-0.2, 0) is 11.8 Å². The van der Waals surface area contributed by atoms with E-state index in [1.165, 1.54) is 0 Å². The highest BCUT2D eigenvalue weighted by Crippen LogP contribution is 2.52. The van der Waals surface area contributed by atoms with E-state index in [0.29, 0.717) is 5.75 Å². The molecule has 0 amide bonds. The molecule has 3 aromatic rings. The lowest BCUT2D eigenvalue weighted by atomic mass is 9.94. The van der Waals surface area contributed by atoms with Crippen LogP contribution < -0.4 is 14.2 Å². The molecule has 0 atom stereocenters. The Hall–Kier alpha value is -3.27. The lowest BCUT2D eigenvalue weighted by molar-refractivity contribution is 0.174. The van der Waals surface area contributed by atoms with Gasteiger partial charge in [-0.25, -0.2) is 4.39 Å². The van der Waals surface area contributed by atoms with E-state index in [1.807, 2.05) is 72.8 Å². The molecule has 5 rings (SSSR count). The van der Waals surface area contributed by atoms with Gasteiger partial charge in [0.2, 0.25) is 6.79 Å². The first-order chi connectivity index (χ1) is 14.2. The Labute approximate surface area is 169 Å². The van der Waals surface area contributed by atoms with Crippen molar-refractivity contribution < 1.29 is 18.6 Å². The third kappa shape index (κ3) is 3.83.